The van der Waals surface area contributed by atoms with Gasteiger partial charge >= 0.3 is 5.97 Å². The van der Waals surface area contributed by atoms with Gasteiger partial charge in [0.1, 0.15) is 18.1 Å². The largest absolute Gasteiger partial charge is 0.480 e. The average molecular weight is 376 g/mol. The van der Waals surface area contributed by atoms with Gasteiger partial charge in [-0.15, -0.1) is 0 Å². The van der Waals surface area contributed by atoms with Crippen molar-refractivity contribution in [2.75, 3.05) is 18.6 Å². The molecule has 0 fully saturated rings. The highest BCUT2D eigenvalue weighted by molar-refractivity contribution is 7.98. The third kappa shape index (κ3) is 8.73. The van der Waals surface area contributed by atoms with Crippen LogP contribution in [0.5, 0.6) is 0 Å². The molecule has 0 aliphatic rings. The summed E-state index contributed by atoms with van der Waals surface area (Å²) in [6.07, 6.45) is 2.12. The summed E-state index contributed by atoms with van der Waals surface area (Å²) in [5, 5.41) is 16.6. The Bertz CT molecular complexity index is 487. The molecule has 0 aliphatic heterocycles. The molecule has 3 amide bonds. The lowest BCUT2D eigenvalue weighted by atomic mass is 10.0. The summed E-state index contributed by atoms with van der Waals surface area (Å²) >= 11 is 1.48. The molecule has 9 nitrogen and oxygen atoms in total. The van der Waals surface area contributed by atoms with Crippen LogP contribution in [0.15, 0.2) is 0 Å². The van der Waals surface area contributed by atoms with Gasteiger partial charge in [0, 0.05) is 0 Å². The van der Waals surface area contributed by atoms with Crippen molar-refractivity contribution in [1.82, 2.24) is 16.0 Å². The number of thioether (sulfide) groups is 1. The van der Waals surface area contributed by atoms with Gasteiger partial charge in [0.05, 0.1) is 6.54 Å². The lowest BCUT2D eigenvalue weighted by Crippen LogP contribution is -2.57. The zero-order chi connectivity index (χ0) is 19.6. The van der Waals surface area contributed by atoms with E-state index in [1.807, 2.05) is 6.26 Å². The Hall–Kier alpha value is -1.81. The monoisotopic (exact) mass is 376 g/mol. The van der Waals surface area contributed by atoms with E-state index in [2.05, 4.69) is 16.0 Å². The summed E-state index contributed by atoms with van der Waals surface area (Å²) < 4.78 is 0. The van der Waals surface area contributed by atoms with Gasteiger partial charge in [-0.25, -0.2) is 4.79 Å². The van der Waals surface area contributed by atoms with Crippen LogP contribution in [0.1, 0.15) is 27.2 Å². The molecule has 0 aromatic carbocycles. The fourth-order valence-electron chi connectivity index (χ4n) is 1.93. The maximum Gasteiger partial charge on any atom is 0.326 e. The van der Waals surface area contributed by atoms with E-state index in [9.17, 15) is 24.3 Å². The molecule has 0 aromatic heterocycles. The highest BCUT2D eigenvalue weighted by atomic mass is 32.2. The maximum atomic E-state index is 12.4. The summed E-state index contributed by atoms with van der Waals surface area (Å²) in [6, 6.07) is -2.80. The van der Waals surface area contributed by atoms with Gasteiger partial charge in [-0.05, 0) is 31.3 Å². The molecule has 0 aliphatic carbocycles. The van der Waals surface area contributed by atoms with Crippen molar-refractivity contribution in [2.45, 2.75) is 45.3 Å². The minimum absolute atomic E-state index is 0.249. The Balaban J connectivity index is 4.91. The molecule has 6 N–H and O–H groups in total. The fraction of sp³-hybridized carbons (Fsp3) is 0.733. The number of aliphatic carboxylic acids is 1. The van der Waals surface area contributed by atoms with Crippen LogP contribution in [0, 0.1) is 5.92 Å². The molecule has 3 atom stereocenters. The van der Waals surface area contributed by atoms with Crippen molar-refractivity contribution in [3.05, 3.63) is 0 Å². The van der Waals surface area contributed by atoms with Gasteiger partial charge in [0.15, 0.2) is 0 Å². The van der Waals surface area contributed by atoms with Crippen molar-refractivity contribution in [3.63, 3.8) is 0 Å². The molecular formula is C15H28N4O5S. The number of hydrogen-bond donors (Lipinski definition) is 5. The van der Waals surface area contributed by atoms with Gasteiger partial charge < -0.3 is 26.8 Å². The summed E-state index contributed by atoms with van der Waals surface area (Å²) in [5.74, 6) is -2.42. The van der Waals surface area contributed by atoms with E-state index in [-0.39, 0.29) is 18.9 Å². The van der Waals surface area contributed by atoms with Crippen molar-refractivity contribution in [2.24, 2.45) is 11.7 Å². The molecule has 10 heteroatoms. The second-order valence-corrected chi connectivity index (χ2v) is 6.89. The van der Waals surface area contributed by atoms with Crippen molar-refractivity contribution in [3.8, 4) is 0 Å². The van der Waals surface area contributed by atoms with E-state index in [0.717, 1.165) is 0 Å². The van der Waals surface area contributed by atoms with Gasteiger partial charge in [-0.2, -0.15) is 11.8 Å². The first-order valence-corrected chi connectivity index (χ1v) is 9.35. The molecule has 0 heterocycles. The zero-order valence-electron chi connectivity index (χ0n) is 15.0. The zero-order valence-corrected chi connectivity index (χ0v) is 15.8. The van der Waals surface area contributed by atoms with Crippen LogP contribution in [-0.2, 0) is 19.2 Å². The summed E-state index contributed by atoms with van der Waals surface area (Å²) in [5.41, 5.74) is 5.18. The van der Waals surface area contributed by atoms with E-state index in [0.29, 0.717) is 5.75 Å². The smallest absolute Gasteiger partial charge is 0.326 e. The molecule has 144 valence electrons. The first-order valence-electron chi connectivity index (χ1n) is 7.95. The van der Waals surface area contributed by atoms with E-state index >= 15 is 0 Å². The molecule has 0 spiro atoms. The quantitative estimate of drug-likeness (QED) is 0.307. The molecule has 0 radical (unpaired) electrons. The number of nitrogens with one attached hydrogen (secondary N) is 3. The molecule has 0 saturated heterocycles. The number of nitrogens with two attached hydrogens (primary N) is 1. The van der Waals surface area contributed by atoms with Crippen LogP contribution >= 0.6 is 11.8 Å². The normalized spacial score (nSPS) is 14.3. The fourth-order valence-corrected chi connectivity index (χ4v) is 2.41. The third-order valence-corrected chi connectivity index (χ3v) is 4.07. The van der Waals surface area contributed by atoms with Crippen molar-refractivity contribution in [1.29, 1.82) is 0 Å². The minimum Gasteiger partial charge on any atom is -0.480 e. The first-order chi connectivity index (χ1) is 11.6. The minimum atomic E-state index is -1.13. The number of carboxylic acid groups (broad SMARTS) is 1. The standard InChI is InChI=1S/C15H28N4O5S/c1-8(2)12(19-13(21)9(3)17-11(20)7-16)14(22)18-10(15(23)24)5-6-25-4/h8-10,12H,5-7,16H2,1-4H3,(H,17,20)(H,18,22)(H,19,21)(H,23,24). The second-order valence-electron chi connectivity index (χ2n) is 5.90. The molecule has 3 unspecified atom stereocenters. The summed E-state index contributed by atoms with van der Waals surface area (Å²) in [6.45, 7) is 4.68. The summed E-state index contributed by atoms with van der Waals surface area (Å²) in [7, 11) is 0. The second kappa shape index (κ2) is 11.7. The van der Waals surface area contributed by atoms with E-state index < -0.39 is 41.8 Å². The van der Waals surface area contributed by atoms with Gasteiger partial charge in [0.2, 0.25) is 17.7 Å². The molecule has 25 heavy (non-hydrogen) atoms. The predicted octanol–water partition coefficient (Wildman–Crippen LogP) is -1.09. The van der Waals surface area contributed by atoms with Crippen molar-refractivity contribution >= 4 is 35.5 Å². The number of hydrogen-bond acceptors (Lipinski definition) is 6. The summed E-state index contributed by atoms with van der Waals surface area (Å²) in [4.78, 5) is 47.0. The SMILES string of the molecule is CSCCC(NC(=O)C(NC(=O)C(C)NC(=O)CN)C(C)C)C(=O)O. The first kappa shape index (κ1) is 23.2. The molecule has 0 rings (SSSR count). The lowest BCUT2D eigenvalue weighted by Gasteiger charge is -2.25. The van der Waals surface area contributed by atoms with E-state index in [1.54, 1.807) is 13.8 Å². The Morgan fingerprint density at radius 1 is 1.04 bits per heavy atom. The van der Waals surface area contributed by atoms with Crippen molar-refractivity contribution < 1.29 is 24.3 Å². The number of amides is 3. The highest BCUT2D eigenvalue weighted by Crippen LogP contribution is 2.06. The van der Waals surface area contributed by atoms with Crippen LogP contribution in [0.4, 0.5) is 0 Å². The van der Waals surface area contributed by atoms with E-state index in [4.69, 9.17) is 5.73 Å². The van der Waals surface area contributed by atoms with Crippen LogP contribution in [-0.4, -0.2) is 65.5 Å². The number of carboxylic acids is 1. The molecule has 0 bridgehead atoms. The van der Waals surface area contributed by atoms with Gasteiger partial charge in [0.25, 0.3) is 0 Å². The van der Waals surface area contributed by atoms with Crippen LogP contribution in [0.2, 0.25) is 0 Å². The Kier molecular flexibility index (Phi) is 10.8. The van der Waals surface area contributed by atoms with Crippen LogP contribution in [0.25, 0.3) is 0 Å². The molecule has 0 saturated carbocycles. The topological polar surface area (TPSA) is 151 Å². The molecular weight excluding hydrogens is 348 g/mol. The highest BCUT2D eigenvalue weighted by Gasteiger charge is 2.29. The third-order valence-electron chi connectivity index (χ3n) is 3.43. The lowest BCUT2D eigenvalue weighted by molar-refractivity contribution is -0.142. The number of carbonyl (C=O) groups excluding carboxylic acids is 3. The molecule has 0 aromatic rings. The number of rotatable bonds is 11. The average Bonchev–Trinajstić information content (AvgIpc) is 2.54. The number of carbonyl (C=O) groups is 4. The van der Waals surface area contributed by atoms with Gasteiger partial charge in [-0.1, -0.05) is 13.8 Å². The Morgan fingerprint density at radius 2 is 1.64 bits per heavy atom. The Labute approximate surface area is 151 Å². The predicted molar refractivity (Wildman–Crippen MR) is 96.0 cm³/mol. The van der Waals surface area contributed by atoms with Gasteiger partial charge in [-0.3, -0.25) is 14.4 Å². The van der Waals surface area contributed by atoms with Crippen LogP contribution < -0.4 is 21.7 Å². The maximum absolute atomic E-state index is 12.4. The Morgan fingerprint density at radius 3 is 2.08 bits per heavy atom. The van der Waals surface area contributed by atoms with E-state index in [1.165, 1.54) is 18.7 Å². The van der Waals surface area contributed by atoms with Crippen LogP contribution in [0.3, 0.4) is 0 Å².